The molecule has 1 N–H and O–H groups in total. The summed E-state index contributed by atoms with van der Waals surface area (Å²) in [7, 11) is 3.29. The second-order valence-corrected chi connectivity index (χ2v) is 4.68. The van der Waals surface area contributed by atoms with Crippen LogP contribution in [-0.4, -0.2) is 30.7 Å². The quantitative estimate of drug-likeness (QED) is 0.847. The first-order chi connectivity index (χ1) is 10.3. The van der Waals surface area contributed by atoms with Gasteiger partial charge in [0.25, 0.3) is 0 Å². The van der Waals surface area contributed by atoms with E-state index in [0.717, 1.165) is 30.0 Å². The molecular weight excluding hydrogens is 266 g/mol. The molecule has 112 valence electrons. The number of aromatic nitrogens is 2. The van der Waals surface area contributed by atoms with E-state index >= 15 is 0 Å². The Hall–Kier alpha value is -2.14. The molecule has 0 aliphatic carbocycles. The zero-order valence-electron chi connectivity index (χ0n) is 12.7. The van der Waals surface area contributed by atoms with Crippen LogP contribution in [0.25, 0.3) is 0 Å². The van der Waals surface area contributed by atoms with Gasteiger partial charge >= 0.3 is 0 Å². The summed E-state index contributed by atoms with van der Waals surface area (Å²) in [5, 5.41) is 3.46. The number of nitrogens with zero attached hydrogens (tertiary/aromatic N) is 2. The molecule has 5 heteroatoms. The van der Waals surface area contributed by atoms with Gasteiger partial charge in [0, 0.05) is 24.0 Å². The fourth-order valence-electron chi connectivity index (χ4n) is 2.29. The summed E-state index contributed by atoms with van der Waals surface area (Å²) in [6.07, 6.45) is 6.08. The average molecular weight is 287 g/mol. The van der Waals surface area contributed by atoms with Gasteiger partial charge in [-0.1, -0.05) is 13.0 Å². The predicted octanol–water partition coefficient (Wildman–Crippen LogP) is 2.39. The van der Waals surface area contributed by atoms with Crippen molar-refractivity contribution in [2.75, 3.05) is 20.8 Å². The van der Waals surface area contributed by atoms with Gasteiger partial charge in [-0.2, -0.15) is 0 Å². The number of ether oxygens (including phenoxy) is 2. The summed E-state index contributed by atoms with van der Waals surface area (Å²) in [6.45, 7) is 2.97. The summed E-state index contributed by atoms with van der Waals surface area (Å²) in [5.41, 5.74) is 2.25. The van der Waals surface area contributed by atoms with E-state index in [1.165, 1.54) is 5.56 Å². The maximum Gasteiger partial charge on any atom is 0.160 e. The Morgan fingerprint density at radius 3 is 2.43 bits per heavy atom. The first kappa shape index (κ1) is 15.3. The van der Waals surface area contributed by atoms with Crippen molar-refractivity contribution >= 4 is 0 Å². The van der Waals surface area contributed by atoms with Gasteiger partial charge < -0.3 is 14.8 Å². The van der Waals surface area contributed by atoms with E-state index in [4.69, 9.17) is 9.47 Å². The molecular formula is C16H21N3O2. The molecule has 0 fully saturated rings. The van der Waals surface area contributed by atoms with Gasteiger partial charge in [0.1, 0.15) is 6.33 Å². The number of hydrogen-bond donors (Lipinski definition) is 1. The third kappa shape index (κ3) is 3.92. The van der Waals surface area contributed by atoms with E-state index < -0.39 is 0 Å². The lowest BCUT2D eigenvalue weighted by molar-refractivity contribution is 0.354. The molecule has 0 aliphatic heterocycles. The SMILES string of the molecule is CCNC(Cc1ccc(OC)c(OC)c1)c1cncnc1. The monoisotopic (exact) mass is 287 g/mol. The fourth-order valence-corrected chi connectivity index (χ4v) is 2.29. The summed E-state index contributed by atoms with van der Waals surface area (Å²) in [6, 6.07) is 6.16. The molecule has 0 amide bonds. The van der Waals surface area contributed by atoms with E-state index in [-0.39, 0.29) is 6.04 Å². The molecule has 0 saturated heterocycles. The van der Waals surface area contributed by atoms with Gasteiger partial charge in [-0.05, 0) is 30.7 Å². The molecule has 0 spiro atoms. The standard InChI is InChI=1S/C16H21N3O2/c1-4-19-14(13-9-17-11-18-10-13)7-12-5-6-15(20-2)16(8-12)21-3/h5-6,8-11,14,19H,4,7H2,1-3H3. The highest BCUT2D eigenvalue weighted by atomic mass is 16.5. The van der Waals surface area contributed by atoms with Gasteiger partial charge in [-0.15, -0.1) is 0 Å². The Kier molecular flexibility index (Phi) is 5.51. The molecule has 0 bridgehead atoms. The van der Waals surface area contributed by atoms with Crippen LogP contribution in [0.3, 0.4) is 0 Å². The molecule has 0 aliphatic rings. The van der Waals surface area contributed by atoms with E-state index in [9.17, 15) is 0 Å². The second kappa shape index (κ2) is 7.59. The van der Waals surface area contributed by atoms with Crippen LogP contribution in [0.2, 0.25) is 0 Å². The minimum atomic E-state index is 0.175. The van der Waals surface area contributed by atoms with E-state index in [0.29, 0.717) is 0 Å². The summed E-state index contributed by atoms with van der Waals surface area (Å²) >= 11 is 0. The van der Waals surface area contributed by atoms with Crippen molar-refractivity contribution in [3.8, 4) is 11.5 Å². The molecule has 1 aromatic carbocycles. The largest absolute Gasteiger partial charge is 0.493 e. The van der Waals surface area contributed by atoms with Crippen LogP contribution in [0.4, 0.5) is 0 Å². The van der Waals surface area contributed by atoms with Crippen molar-refractivity contribution in [2.24, 2.45) is 0 Å². The molecule has 1 unspecified atom stereocenters. The summed E-state index contributed by atoms with van der Waals surface area (Å²) < 4.78 is 10.6. The van der Waals surface area contributed by atoms with Gasteiger partial charge in [0.05, 0.1) is 14.2 Å². The number of likely N-dealkylation sites (N-methyl/N-ethyl adjacent to an activating group) is 1. The molecule has 1 atom stereocenters. The smallest absolute Gasteiger partial charge is 0.160 e. The second-order valence-electron chi connectivity index (χ2n) is 4.68. The van der Waals surface area contributed by atoms with Gasteiger partial charge in [-0.3, -0.25) is 0 Å². The molecule has 5 nitrogen and oxygen atoms in total. The van der Waals surface area contributed by atoms with Crippen molar-refractivity contribution in [2.45, 2.75) is 19.4 Å². The van der Waals surface area contributed by atoms with Crippen LogP contribution in [0.5, 0.6) is 11.5 Å². The first-order valence-electron chi connectivity index (χ1n) is 6.97. The fraction of sp³-hybridized carbons (Fsp3) is 0.375. The Bertz CT molecular complexity index is 561. The van der Waals surface area contributed by atoms with Crippen LogP contribution < -0.4 is 14.8 Å². The molecule has 1 aromatic heterocycles. The van der Waals surface area contributed by atoms with Gasteiger partial charge in [-0.25, -0.2) is 9.97 Å². The van der Waals surface area contributed by atoms with E-state index in [1.54, 1.807) is 20.5 Å². The normalized spacial score (nSPS) is 12.0. The van der Waals surface area contributed by atoms with Crippen molar-refractivity contribution in [3.63, 3.8) is 0 Å². The van der Waals surface area contributed by atoms with Crippen LogP contribution >= 0.6 is 0 Å². The summed E-state index contributed by atoms with van der Waals surface area (Å²) in [4.78, 5) is 8.19. The van der Waals surface area contributed by atoms with Crippen LogP contribution in [0, 0.1) is 0 Å². The van der Waals surface area contributed by atoms with E-state index in [2.05, 4.69) is 28.3 Å². The number of rotatable bonds is 7. The maximum absolute atomic E-state index is 5.35. The third-order valence-electron chi connectivity index (χ3n) is 3.32. The highest BCUT2D eigenvalue weighted by Gasteiger charge is 2.13. The minimum Gasteiger partial charge on any atom is -0.493 e. The third-order valence-corrected chi connectivity index (χ3v) is 3.32. The average Bonchev–Trinajstić information content (AvgIpc) is 2.55. The van der Waals surface area contributed by atoms with Crippen molar-refractivity contribution in [1.29, 1.82) is 0 Å². The van der Waals surface area contributed by atoms with E-state index in [1.807, 2.05) is 24.5 Å². The predicted molar refractivity (Wildman–Crippen MR) is 81.7 cm³/mol. The first-order valence-corrected chi connectivity index (χ1v) is 6.97. The van der Waals surface area contributed by atoms with Gasteiger partial charge in [0.15, 0.2) is 11.5 Å². The van der Waals surface area contributed by atoms with Crippen LogP contribution in [0.1, 0.15) is 24.1 Å². The molecule has 0 saturated carbocycles. The lowest BCUT2D eigenvalue weighted by Gasteiger charge is -2.18. The van der Waals surface area contributed by atoms with Crippen molar-refractivity contribution in [3.05, 3.63) is 48.0 Å². The van der Waals surface area contributed by atoms with Gasteiger partial charge in [0.2, 0.25) is 0 Å². The number of hydrogen-bond acceptors (Lipinski definition) is 5. The molecule has 0 radical (unpaired) electrons. The number of methoxy groups -OCH3 is 2. The topological polar surface area (TPSA) is 56.3 Å². The Labute approximate surface area is 125 Å². The maximum atomic E-state index is 5.35. The van der Waals surface area contributed by atoms with Crippen LogP contribution in [0.15, 0.2) is 36.9 Å². The highest BCUT2D eigenvalue weighted by Crippen LogP contribution is 2.29. The van der Waals surface area contributed by atoms with Crippen molar-refractivity contribution in [1.82, 2.24) is 15.3 Å². The van der Waals surface area contributed by atoms with Crippen LogP contribution in [-0.2, 0) is 6.42 Å². The molecule has 21 heavy (non-hydrogen) atoms. The number of nitrogens with one attached hydrogen (secondary N) is 1. The lowest BCUT2D eigenvalue weighted by Crippen LogP contribution is -2.23. The lowest BCUT2D eigenvalue weighted by atomic mass is 10.0. The summed E-state index contributed by atoms with van der Waals surface area (Å²) in [5.74, 6) is 1.49. The Morgan fingerprint density at radius 2 is 1.81 bits per heavy atom. The Balaban J connectivity index is 2.21. The molecule has 2 aromatic rings. The molecule has 2 rings (SSSR count). The number of benzene rings is 1. The Morgan fingerprint density at radius 1 is 1.10 bits per heavy atom. The zero-order valence-corrected chi connectivity index (χ0v) is 12.7. The highest BCUT2D eigenvalue weighted by molar-refractivity contribution is 5.43. The zero-order chi connectivity index (χ0) is 15.1. The minimum absolute atomic E-state index is 0.175. The van der Waals surface area contributed by atoms with Crippen molar-refractivity contribution < 1.29 is 9.47 Å². The molecule has 1 heterocycles.